The molecule has 1 aliphatic heterocycles. The number of aryl methyl sites for hydroxylation is 2. The van der Waals surface area contributed by atoms with Crippen LogP contribution in [0.25, 0.3) is 0 Å². The van der Waals surface area contributed by atoms with Gasteiger partial charge in [-0.2, -0.15) is 5.10 Å². The van der Waals surface area contributed by atoms with Crippen molar-refractivity contribution >= 4 is 5.91 Å². The molecule has 2 heterocycles. The van der Waals surface area contributed by atoms with E-state index in [1.165, 1.54) is 11.1 Å². The van der Waals surface area contributed by atoms with Crippen molar-refractivity contribution < 1.29 is 4.79 Å². The number of amides is 1. The van der Waals surface area contributed by atoms with Crippen LogP contribution < -0.4 is 0 Å². The predicted molar refractivity (Wildman–Crippen MR) is 93.6 cm³/mol. The highest BCUT2D eigenvalue weighted by Gasteiger charge is 2.24. The van der Waals surface area contributed by atoms with Crippen molar-refractivity contribution in [1.29, 1.82) is 0 Å². The Hall–Kier alpha value is -2.17. The number of aromatic nitrogens is 3. The van der Waals surface area contributed by atoms with Crippen molar-refractivity contribution in [3.63, 3.8) is 0 Å². The predicted octanol–water partition coefficient (Wildman–Crippen LogP) is 3.16. The van der Waals surface area contributed by atoms with Gasteiger partial charge in [0.05, 0.1) is 6.04 Å². The lowest BCUT2D eigenvalue weighted by Gasteiger charge is -2.32. The van der Waals surface area contributed by atoms with Gasteiger partial charge in [-0.25, -0.2) is 9.67 Å². The monoisotopic (exact) mass is 326 g/mol. The molecule has 1 aliphatic rings. The molecule has 1 aromatic heterocycles. The molecular weight excluding hydrogens is 300 g/mol. The number of unbranched alkanes of at least 4 members (excludes halogenated alkanes) is 1. The van der Waals surface area contributed by atoms with Gasteiger partial charge in [0.15, 0.2) is 0 Å². The van der Waals surface area contributed by atoms with Gasteiger partial charge in [-0.05, 0) is 44.6 Å². The number of nitrogens with zero attached hydrogens (tertiary/aromatic N) is 4. The second-order valence-electron chi connectivity index (χ2n) is 6.70. The maximum absolute atomic E-state index is 12.4. The Balaban J connectivity index is 1.40. The van der Waals surface area contributed by atoms with Crippen molar-refractivity contribution in [3.05, 3.63) is 48.0 Å². The molecule has 1 aromatic carbocycles. The molecule has 0 bridgehead atoms. The molecule has 0 N–H and O–H groups in total. The molecule has 5 heteroatoms. The summed E-state index contributed by atoms with van der Waals surface area (Å²) in [5.74, 6) is 0.281. The van der Waals surface area contributed by atoms with Gasteiger partial charge in [-0.15, -0.1) is 0 Å². The van der Waals surface area contributed by atoms with E-state index < -0.39 is 0 Å². The highest BCUT2D eigenvalue weighted by Crippen LogP contribution is 2.21. The first-order chi connectivity index (χ1) is 11.7. The van der Waals surface area contributed by atoms with Gasteiger partial charge in [-0.1, -0.05) is 29.8 Å². The zero-order valence-electron chi connectivity index (χ0n) is 14.4. The molecule has 2 aromatic rings. The SMILES string of the molecule is Cc1ccc(CCCCC(=O)N2CCC[C@@H](n3cncn3)C2)cc1. The molecule has 1 atom stereocenters. The molecule has 1 fully saturated rings. The normalized spacial score (nSPS) is 17.9. The van der Waals surface area contributed by atoms with Crippen molar-refractivity contribution in [1.82, 2.24) is 19.7 Å². The number of likely N-dealkylation sites (tertiary alicyclic amines) is 1. The third kappa shape index (κ3) is 4.43. The Kier molecular flexibility index (Phi) is 5.62. The van der Waals surface area contributed by atoms with Crippen LogP contribution in [0.3, 0.4) is 0 Å². The van der Waals surface area contributed by atoms with Gasteiger partial charge in [0.2, 0.25) is 5.91 Å². The molecule has 0 radical (unpaired) electrons. The molecular formula is C19H26N4O. The van der Waals surface area contributed by atoms with E-state index in [2.05, 4.69) is 41.3 Å². The summed E-state index contributed by atoms with van der Waals surface area (Å²) in [6.07, 6.45) is 9.14. The summed E-state index contributed by atoms with van der Waals surface area (Å²) in [4.78, 5) is 18.5. The smallest absolute Gasteiger partial charge is 0.222 e. The molecule has 0 saturated carbocycles. The number of benzene rings is 1. The molecule has 1 saturated heterocycles. The van der Waals surface area contributed by atoms with Crippen LogP contribution in [-0.4, -0.2) is 38.7 Å². The van der Waals surface area contributed by atoms with Gasteiger partial charge < -0.3 is 4.90 Å². The van der Waals surface area contributed by atoms with E-state index in [1.807, 2.05) is 9.58 Å². The van der Waals surface area contributed by atoms with Crippen LogP contribution in [0.5, 0.6) is 0 Å². The Bertz CT molecular complexity index is 636. The highest BCUT2D eigenvalue weighted by atomic mass is 16.2. The lowest BCUT2D eigenvalue weighted by molar-refractivity contribution is -0.133. The van der Waals surface area contributed by atoms with E-state index in [0.717, 1.165) is 45.2 Å². The van der Waals surface area contributed by atoms with E-state index in [0.29, 0.717) is 6.42 Å². The molecule has 128 valence electrons. The summed E-state index contributed by atoms with van der Waals surface area (Å²) in [5, 5.41) is 4.22. The Morgan fingerprint density at radius 2 is 2.08 bits per heavy atom. The van der Waals surface area contributed by atoms with Crippen molar-refractivity contribution in [2.75, 3.05) is 13.1 Å². The maximum atomic E-state index is 12.4. The average molecular weight is 326 g/mol. The van der Waals surface area contributed by atoms with E-state index in [-0.39, 0.29) is 11.9 Å². The first kappa shape index (κ1) is 16.7. The molecule has 0 aliphatic carbocycles. The fraction of sp³-hybridized carbons (Fsp3) is 0.526. The van der Waals surface area contributed by atoms with Crippen LogP contribution in [0.1, 0.15) is 49.3 Å². The van der Waals surface area contributed by atoms with Gasteiger partial charge >= 0.3 is 0 Å². The van der Waals surface area contributed by atoms with Gasteiger partial charge in [0.25, 0.3) is 0 Å². The summed E-state index contributed by atoms with van der Waals surface area (Å²) in [7, 11) is 0. The zero-order valence-corrected chi connectivity index (χ0v) is 14.4. The zero-order chi connectivity index (χ0) is 16.8. The number of hydrogen-bond acceptors (Lipinski definition) is 3. The van der Waals surface area contributed by atoms with Gasteiger partial charge in [0, 0.05) is 19.5 Å². The molecule has 3 rings (SSSR count). The topological polar surface area (TPSA) is 51.0 Å². The Morgan fingerprint density at radius 3 is 2.83 bits per heavy atom. The fourth-order valence-electron chi connectivity index (χ4n) is 3.32. The molecule has 0 unspecified atom stereocenters. The number of carbonyl (C=O) groups is 1. The standard InChI is InChI=1S/C19H26N4O/c1-16-8-10-17(11-9-16)5-2-3-7-19(24)22-12-4-6-18(13-22)23-15-20-14-21-23/h8-11,14-15,18H,2-7,12-13H2,1H3/t18-/m1/s1. The minimum absolute atomic E-state index is 0.276. The minimum Gasteiger partial charge on any atom is -0.341 e. The number of hydrogen-bond donors (Lipinski definition) is 0. The van der Waals surface area contributed by atoms with Crippen LogP contribution in [0.15, 0.2) is 36.9 Å². The second kappa shape index (κ2) is 8.08. The molecule has 0 spiro atoms. The first-order valence-electron chi connectivity index (χ1n) is 8.90. The highest BCUT2D eigenvalue weighted by molar-refractivity contribution is 5.76. The first-order valence-corrected chi connectivity index (χ1v) is 8.90. The van der Waals surface area contributed by atoms with Crippen LogP contribution in [0.2, 0.25) is 0 Å². The summed E-state index contributed by atoms with van der Waals surface area (Å²) in [6, 6.07) is 8.95. The quantitative estimate of drug-likeness (QED) is 0.766. The lowest BCUT2D eigenvalue weighted by Crippen LogP contribution is -2.40. The van der Waals surface area contributed by atoms with E-state index >= 15 is 0 Å². The van der Waals surface area contributed by atoms with Crippen molar-refractivity contribution in [2.24, 2.45) is 0 Å². The summed E-state index contributed by atoms with van der Waals surface area (Å²) in [6.45, 7) is 3.75. The maximum Gasteiger partial charge on any atom is 0.222 e. The number of rotatable bonds is 6. The second-order valence-corrected chi connectivity index (χ2v) is 6.70. The Morgan fingerprint density at radius 1 is 1.25 bits per heavy atom. The van der Waals surface area contributed by atoms with Gasteiger partial charge in [0.1, 0.15) is 12.7 Å². The third-order valence-electron chi connectivity index (χ3n) is 4.79. The van der Waals surface area contributed by atoms with Crippen LogP contribution >= 0.6 is 0 Å². The summed E-state index contributed by atoms with van der Waals surface area (Å²) < 4.78 is 1.89. The minimum atomic E-state index is 0.276. The van der Waals surface area contributed by atoms with E-state index in [4.69, 9.17) is 0 Å². The fourth-order valence-corrected chi connectivity index (χ4v) is 3.32. The van der Waals surface area contributed by atoms with Gasteiger partial charge in [-0.3, -0.25) is 4.79 Å². The number of piperidine rings is 1. The Labute approximate surface area is 143 Å². The van der Waals surface area contributed by atoms with Crippen molar-refractivity contribution in [2.45, 2.75) is 51.5 Å². The van der Waals surface area contributed by atoms with Crippen LogP contribution in [0.4, 0.5) is 0 Å². The molecule has 24 heavy (non-hydrogen) atoms. The largest absolute Gasteiger partial charge is 0.341 e. The number of carbonyl (C=O) groups excluding carboxylic acids is 1. The summed E-state index contributed by atoms with van der Waals surface area (Å²) in [5.41, 5.74) is 2.65. The van der Waals surface area contributed by atoms with Crippen molar-refractivity contribution in [3.8, 4) is 0 Å². The molecule has 5 nitrogen and oxygen atoms in total. The third-order valence-corrected chi connectivity index (χ3v) is 4.79. The summed E-state index contributed by atoms with van der Waals surface area (Å²) >= 11 is 0. The average Bonchev–Trinajstić information content (AvgIpc) is 3.15. The van der Waals surface area contributed by atoms with E-state index in [9.17, 15) is 4.79 Å². The molecule has 1 amide bonds. The lowest BCUT2D eigenvalue weighted by atomic mass is 10.0. The van der Waals surface area contributed by atoms with E-state index in [1.54, 1.807) is 12.7 Å². The van der Waals surface area contributed by atoms with Crippen LogP contribution in [-0.2, 0) is 11.2 Å². The van der Waals surface area contributed by atoms with Crippen LogP contribution in [0, 0.1) is 6.92 Å².